The van der Waals surface area contributed by atoms with E-state index in [9.17, 15) is 14.7 Å². The van der Waals surface area contributed by atoms with E-state index >= 15 is 0 Å². The van der Waals surface area contributed by atoms with Crippen LogP contribution in [0.1, 0.15) is 24.2 Å². The number of nitrogens with one attached hydrogen (secondary N) is 3. The number of rotatable bonds is 7. The molecule has 0 aliphatic carbocycles. The van der Waals surface area contributed by atoms with Gasteiger partial charge in [0.15, 0.2) is 0 Å². The molecule has 0 spiro atoms. The van der Waals surface area contributed by atoms with E-state index in [0.717, 1.165) is 0 Å². The lowest BCUT2D eigenvalue weighted by atomic mass is 9.99. The molecule has 0 unspecified atom stereocenters. The Labute approximate surface area is 194 Å². The lowest BCUT2D eigenvalue weighted by Gasteiger charge is -2.37. The fraction of sp³-hybridized carbons (Fsp3) is 0.417. The zero-order valence-electron chi connectivity index (χ0n) is 19.4. The third-order valence-electron chi connectivity index (χ3n) is 5.68. The number of anilines is 2. The largest absolute Gasteiger partial charge is 0.497 e. The van der Waals surface area contributed by atoms with E-state index in [0.29, 0.717) is 41.5 Å². The van der Waals surface area contributed by atoms with Crippen molar-refractivity contribution >= 4 is 23.3 Å². The fourth-order valence-corrected chi connectivity index (χ4v) is 3.71. The van der Waals surface area contributed by atoms with Crippen molar-refractivity contribution in [2.75, 3.05) is 44.5 Å². The third kappa shape index (κ3) is 5.94. The van der Waals surface area contributed by atoms with Crippen molar-refractivity contribution in [3.05, 3.63) is 48.0 Å². The van der Waals surface area contributed by atoms with Gasteiger partial charge in [-0.15, -0.1) is 0 Å². The average molecular weight is 457 g/mol. The Bertz CT molecular complexity index is 966. The second-order valence-corrected chi connectivity index (χ2v) is 8.20. The number of aliphatic hydroxyl groups is 1. The molecule has 3 amide bonds. The molecule has 0 radical (unpaired) electrons. The van der Waals surface area contributed by atoms with Gasteiger partial charge >= 0.3 is 6.03 Å². The van der Waals surface area contributed by atoms with E-state index in [-0.39, 0.29) is 30.6 Å². The number of aliphatic hydroxyl groups excluding tert-OH is 1. The maximum atomic E-state index is 13.4. The van der Waals surface area contributed by atoms with E-state index in [1.807, 2.05) is 20.9 Å². The molecule has 0 saturated heterocycles. The Kier molecular flexibility index (Phi) is 8.13. The number of urea groups is 1. The normalized spacial score (nSPS) is 18.9. The Morgan fingerprint density at radius 3 is 2.52 bits per heavy atom. The minimum atomic E-state index is -0.443. The summed E-state index contributed by atoms with van der Waals surface area (Å²) < 4.78 is 11.3. The van der Waals surface area contributed by atoms with Gasteiger partial charge in [-0.3, -0.25) is 4.79 Å². The predicted octanol–water partition coefficient (Wildman–Crippen LogP) is 2.78. The number of fused-ring (bicyclic) bond motifs is 1. The smallest absolute Gasteiger partial charge is 0.323 e. The van der Waals surface area contributed by atoms with Crippen LogP contribution < -0.4 is 25.4 Å². The SMILES string of the molecule is CNC[C@@H]1Oc2ccc(NC(=O)Nc3ccc(OC)cc3)cc2C(=O)N([C@H](C)CO)C[C@@H]1C. The minimum Gasteiger partial charge on any atom is -0.497 e. The highest BCUT2D eigenvalue weighted by molar-refractivity contribution is 6.02. The molecule has 1 aliphatic rings. The van der Waals surface area contributed by atoms with Crippen LogP contribution in [0.5, 0.6) is 11.5 Å². The van der Waals surface area contributed by atoms with Crippen LogP contribution in [-0.2, 0) is 0 Å². The fourth-order valence-electron chi connectivity index (χ4n) is 3.71. The maximum absolute atomic E-state index is 13.4. The first-order valence-corrected chi connectivity index (χ1v) is 11.0. The quantitative estimate of drug-likeness (QED) is 0.510. The summed E-state index contributed by atoms with van der Waals surface area (Å²) in [5, 5.41) is 18.3. The van der Waals surface area contributed by atoms with Gasteiger partial charge in [-0.2, -0.15) is 0 Å². The molecule has 33 heavy (non-hydrogen) atoms. The number of carbonyl (C=O) groups is 2. The summed E-state index contributed by atoms with van der Waals surface area (Å²) in [5.74, 6) is 0.939. The van der Waals surface area contributed by atoms with Gasteiger partial charge in [0.1, 0.15) is 17.6 Å². The van der Waals surface area contributed by atoms with E-state index < -0.39 is 6.03 Å². The molecule has 0 fully saturated rings. The van der Waals surface area contributed by atoms with Crippen molar-refractivity contribution in [2.24, 2.45) is 5.92 Å². The number of benzene rings is 2. The van der Waals surface area contributed by atoms with Gasteiger partial charge in [0.05, 0.1) is 25.3 Å². The first kappa shape index (κ1) is 24.3. The molecular weight excluding hydrogens is 424 g/mol. The molecule has 1 heterocycles. The molecule has 0 saturated carbocycles. The van der Waals surface area contributed by atoms with Crippen LogP contribution in [0.3, 0.4) is 0 Å². The van der Waals surface area contributed by atoms with Crippen molar-refractivity contribution in [3.63, 3.8) is 0 Å². The minimum absolute atomic E-state index is 0.0524. The zero-order valence-corrected chi connectivity index (χ0v) is 19.4. The highest BCUT2D eigenvalue weighted by Gasteiger charge is 2.32. The lowest BCUT2D eigenvalue weighted by Crippen LogP contribution is -2.49. The van der Waals surface area contributed by atoms with Crippen molar-refractivity contribution in [2.45, 2.75) is 26.0 Å². The van der Waals surface area contributed by atoms with Gasteiger partial charge in [0, 0.05) is 30.4 Å². The number of likely N-dealkylation sites (N-methyl/N-ethyl adjacent to an activating group) is 1. The molecule has 2 aromatic rings. The van der Waals surface area contributed by atoms with Crippen molar-refractivity contribution in [3.8, 4) is 11.5 Å². The Morgan fingerprint density at radius 2 is 1.88 bits per heavy atom. The van der Waals surface area contributed by atoms with Gasteiger partial charge in [-0.1, -0.05) is 6.92 Å². The highest BCUT2D eigenvalue weighted by Crippen LogP contribution is 2.30. The zero-order chi connectivity index (χ0) is 24.0. The molecular formula is C24H32N4O5. The molecule has 3 atom stereocenters. The monoisotopic (exact) mass is 456 g/mol. The first-order valence-electron chi connectivity index (χ1n) is 11.0. The molecule has 1 aliphatic heterocycles. The number of hydrogen-bond donors (Lipinski definition) is 4. The second kappa shape index (κ2) is 11.0. The standard InChI is InChI=1S/C24H32N4O5/c1-15-13-28(16(2)14-29)23(30)20-11-18(7-10-21(20)33-22(15)12-25-3)27-24(31)26-17-5-8-19(32-4)9-6-17/h5-11,15-16,22,25,29H,12-14H2,1-4H3,(H2,26,27,31)/t15-,16+,22-/m0/s1. The van der Waals surface area contributed by atoms with Crippen molar-refractivity contribution in [1.82, 2.24) is 10.2 Å². The van der Waals surface area contributed by atoms with Gasteiger partial charge < -0.3 is 35.4 Å². The van der Waals surface area contributed by atoms with Crippen LogP contribution in [0.25, 0.3) is 0 Å². The van der Waals surface area contributed by atoms with Crippen LogP contribution in [0.4, 0.5) is 16.2 Å². The molecule has 0 aromatic heterocycles. The lowest BCUT2D eigenvalue weighted by molar-refractivity contribution is 0.0416. The van der Waals surface area contributed by atoms with Gasteiger partial charge in [0.2, 0.25) is 0 Å². The van der Waals surface area contributed by atoms with E-state index in [2.05, 4.69) is 16.0 Å². The van der Waals surface area contributed by atoms with Crippen LogP contribution in [0, 0.1) is 5.92 Å². The van der Waals surface area contributed by atoms with E-state index in [1.165, 1.54) is 0 Å². The first-order chi connectivity index (χ1) is 15.9. The molecule has 178 valence electrons. The summed E-state index contributed by atoms with van der Waals surface area (Å²) in [5.41, 5.74) is 1.39. The summed E-state index contributed by atoms with van der Waals surface area (Å²) in [6.45, 7) is 4.75. The highest BCUT2D eigenvalue weighted by atomic mass is 16.5. The maximum Gasteiger partial charge on any atom is 0.323 e. The number of nitrogens with zero attached hydrogens (tertiary/aromatic N) is 1. The van der Waals surface area contributed by atoms with Gasteiger partial charge in [-0.05, 0) is 56.4 Å². The molecule has 9 nitrogen and oxygen atoms in total. The summed E-state index contributed by atoms with van der Waals surface area (Å²) in [6.07, 6.45) is -0.160. The van der Waals surface area contributed by atoms with Crippen molar-refractivity contribution in [1.29, 1.82) is 0 Å². The van der Waals surface area contributed by atoms with Crippen LogP contribution in [0.15, 0.2) is 42.5 Å². The topological polar surface area (TPSA) is 112 Å². The van der Waals surface area contributed by atoms with Crippen LogP contribution in [0.2, 0.25) is 0 Å². The average Bonchev–Trinajstić information content (AvgIpc) is 2.81. The number of hydrogen-bond acceptors (Lipinski definition) is 6. The molecule has 4 N–H and O–H groups in total. The molecule has 2 aromatic carbocycles. The van der Waals surface area contributed by atoms with Crippen molar-refractivity contribution < 1.29 is 24.2 Å². The summed E-state index contributed by atoms with van der Waals surface area (Å²) in [4.78, 5) is 27.5. The molecule has 0 bridgehead atoms. The second-order valence-electron chi connectivity index (χ2n) is 8.20. The summed E-state index contributed by atoms with van der Waals surface area (Å²) >= 11 is 0. The van der Waals surface area contributed by atoms with Gasteiger partial charge in [-0.25, -0.2) is 4.79 Å². The van der Waals surface area contributed by atoms with E-state index in [4.69, 9.17) is 9.47 Å². The van der Waals surface area contributed by atoms with Gasteiger partial charge in [0.25, 0.3) is 5.91 Å². The number of methoxy groups -OCH3 is 1. The third-order valence-corrected chi connectivity index (χ3v) is 5.68. The summed E-state index contributed by atoms with van der Waals surface area (Å²) in [7, 11) is 3.42. The van der Waals surface area contributed by atoms with Crippen LogP contribution >= 0.6 is 0 Å². The molecule has 9 heteroatoms. The number of amides is 3. The summed E-state index contributed by atoms with van der Waals surface area (Å²) in [6, 6.07) is 11.2. The Balaban J connectivity index is 1.84. The Hall–Kier alpha value is -3.30. The predicted molar refractivity (Wildman–Crippen MR) is 127 cm³/mol. The Morgan fingerprint density at radius 1 is 1.21 bits per heavy atom. The van der Waals surface area contributed by atoms with E-state index in [1.54, 1.807) is 54.5 Å². The number of carbonyl (C=O) groups excluding carboxylic acids is 2. The van der Waals surface area contributed by atoms with Crippen LogP contribution in [-0.4, -0.2) is 67.9 Å². The number of ether oxygens (including phenoxy) is 2. The molecule has 3 rings (SSSR count).